The predicted octanol–water partition coefficient (Wildman–Crippen LogP) is -0.273. The van der Waals surface area contributed by atoms with Crippen LogP contribution in [0.5, 0.6) is 0 Å². The van der Waals surface area contributed by atoms with Gasteiger partial charge in [-0.15, -0.1) is 0 Å². The molecule has 22 heavy (non-hydrogen) atoms. The minimum Gasteiger partial charge on any atom is -0.468 e. The molecule has 8 heteroatoms. The van der Waals surface area contributed by atoms with Gasteiger partial charge in [-0.3, -0.25) is 14.4 Å². The third kappa shape index (κ3) is 5.98. The molecule has 0 heterocycles. The van der Waals surface area contributed by atoms with E-state index in [2.05, 4.69) is 9.47 Å². The Labute approximate surface area is 130 Å². The molecule has 8 nitrogen and oxygen atoms in total. The lowest BCUT2D eigenvalue weighted by Crippen LogP contribution is -2.53. The van der Waals surface area contributed by atoms with Gasteiger partial charge in [-0.05, 0) is 33.7 Å². The summed E-state index contributed by atoms with van der Waals surface area (Å²) in [6, 6.07) is 0. The number of hydrogen-bond acceptors (Lipinski definition) is 8. The predicted molar refractivity (Wildman–Crippen MR) is 78.6 cm³/mol. The van der Waals surface area contributed by atoms with Crippen LogP contribution in [0, 0.1) is 5.92 Å². The van der Waals surface area contributed by atoms with E-state index in [1.807, 2.05) is 0 Å². The fourth-order valence-electron chi connectivity index (χ4n) is 1.89. The van der Waals surface area contributed by atoms with Crippen LogP contribution in [-0.4, -0.2) is 49.8 Å². The van der Waals surface area contributed by atoms with Gasteiger partial charge >= 0.3 is 17.9 Å². The fraction of sp³-hybridized carbons (Fsp3) is 0.786. The molecule has 2 atom stereocenters. The smallest absolute Gasteiger partial charge is 0.325 e. The molecule has 128 valence electrons. The molecule has 2 unspecified atom stereocenters. The first-order valence-corrected chi connectivity index (χ1v) is 6.88. The lowest BCUT2D eigenvalue weighted by atomic mass is 9.85. The highest BCUT2D eigenvalue weighted by atomic mass is 16.6. The molecule has 0 fully saturated rings. The third-order valence-corrected chi connectivity index (χ3v) is 2.93. The molecule has 0 rings (SSSR count). The molecular formula is C14H26N2O6. The quantitative estimate of drug-likeness (QED) is 0.372. The second-order valence-electron chi connectivity index (χ2n) is 6.00. The Hall–Kier alpha value is -1.67. The van der Waals surface area contributed by atoms with Gasteiger partial charge in [0.05, 0.1) is 14.2 Å². The number of esters is 3. The van der Waals surface area contributed by atoms with Crippen LogP contribution in [-0.2, 0) is 28.6 Å². The van der Waals surface area contributed by atoms with Crippen molar-refractivity contribution in [1.29, 1.82) is 0 Å². The molecule has 4 N–H and O–H groups in total. The summed E-state index contributed by atoms with van der Waals surface area (Å²) >= 11 is 0. The molecule has 0 aromatic heterocycles. The largest absolute Gasteiger partial charge is 0.468 e. The fourth-order valence-corrected chi connectivity index (χ4v) is 1.89. The normalized spacial score (nSPS) is 15.4. The summed E-state index contributed by atoms with van der Waals surface area (Å²) in [4.78, 5) is 35.9. The van der Waals surface area contributed by atoms with Gasteiger partial charge in [0.2, 0.25) is 0 Å². The molecule has 0 saturated heterocycles. The van der Waals surface area contributed by atoms with Crippen molar-refractivity contribution < 1.29 is 28.6 Å². The average molecular weight is 318 g/mol. The first-order chi connectivity index (χ1) is 10.0. The topological polar surface area (TPSA) is 131 Å². The summed E-state index contributed by atoms with van der Waals surface area (Å²) in [7, 11) is 2.31. The van der Waals surface area contributed by atoms with Crippen LogP contribution >= 0.6 is 0 Å². The van der Waals surface area contributed by atoms with Crippen molar-refractivity contribution in [2.75, 3.05) is 20.8 Å². The van der Waals surface area contributed by atoms with Crippen LogP contribution in [0.2, 0.25) is 0 Å². The zero-order valence-electron chi connectivity index (χ0n) is 13.8. The lowest BCUT2D eigenvalue weighted by Gasteiger charge is -2.30. The summed E-state index contributed by atoms with van der Waals surface area (Å²) in [6.45, 7) is 5.08. The van der Waals surface area contributed by atoms with E-state index in [0.717, 1.165) is 7.11 Å². The van der Waals surface area contributed by atoms with Crippen LogP contribution in [0.15, 0.2) is 0 Å². The molecule has 0 aromatic rings. The average Bonchev–Trinajstić information content (AvgIpc) is 2.41. The van der Waals surface area contributed by atoms with Crippen molar-refractivity contribution in [2.24, 2.45) is 17.4 Å². The van der Waals surface area contributed by atoms with Gasteiger partial charge in [-0.2, -0.15) is 0 Å². The number of carbonyl (C=O) groups is 3. The summed E-state index contributed by atoms with van der Waals surface area (Å²) < 4.78 is 14.4. The highest BCUT2D eigenvalue weighted by molar-refractivity contribution is 5.96. The van der Waals surface area contributed by atoms with Gasteiger partial charge in [0.1, 0.15) is 11.1 Å². The van der Waals surface area contributed by atoms with Crippen molar-refractivity contribution in [3.05, 3.63) is 0 Å². The minimum absolute atomic E-state index is 0.0516. The maximum Gasteiger partial charge on any atom is 0.325 e. The van der Waals surface area contributed by atoms with Gasteiger partial charge in [0.25, 0.3) is 0 Å². The maximum absolute atomic E-state index is 12.2. The highest BCUT2D eigenvalue weighted by Crippen LogP contribution is 2.24. The van der Waals surface area contributed by atoms with E-state index in [4.69, 9.17) is 16.2 Å². The monoisotopic (exact) mass is 318 g/mol. The molecule has 0 amide bonds. The highest BCUT2D eigenvalue weighted by Gasteiger charge is 2.43. The van der Waals surface area contributed by atoms with Gasteiger partial charge < -0.3 is 25.7 Å². The molecule has 0 bridgehead atoms. The number of nitrogens with two attached hydrogens (primary N) is 2. The maximum atomic E-state index is 12.2. The molecule has 0 aliphatic heterocycles. The van der Waals surface area contributed by atoms with Crippen molar-refractivity contribution in [2.45, 2.75) is 44.8 Å². The van der Waals surface area contributed by atoms with Crippen LogP contribution in [0.25, 0.3) is 0 Å². The minimum atomic E-state index is -1.57. The van der Waals surface area contributed by atoms with Crippen molar-refractivity contribution >= 4 is 17.9 Å². The zero-order chi connectivity index (χ0) is 17.6. The van der Waals surface area contributed by atoms with Gasteiger partial charge in [-0.25, -0.2) is 0 Å². The standard InChI is InChI=1S/C14H26N2O6/c1-13(2,3)22-11(18)9(10(17)20-4)8-14(16,6-7-15)12(19)21-5/h9H,6-8,15-16H2,1-5H3. The molecule has 0 aromatic carbocycles. The molecule has 0 aliphatic carbocycles. The SMILES string of the molecule is COC(=O)C(CC(N)(CCN)C(=O)OC)C(=O)OC(C)(C)C. The van der Waals surface area contributed by atoms with Crippen LogP contribution in [0.3, 0.4) is 0 Å². The van der Waals surface area contributed by atoms with E-state index in [1.54, 1.807) is 20.8 Å². The van der Waals surface area contributed by atoms with Crippen LogP contribution < -0.4 is 11.5 Å². The van der Waals surface area contributed by atoms with Gasteiger partial charge in [0.15, 0.2) is 5.92 Å². The Morgan fingerprint density at radius 1 is 1.05 bits per heavy atom. The van der Waals surface area contributed by atoms with E-state index < -0.39 is 35.0 Å². The van der Waals surface area contributed by atoms with Crippen LogP contribution in [0.4, 0.5) is 0 Å². The number of rotatable bonds is 7. The molecule has 0 radical (unpaired) electrons. The summed E-state index contributed by atoms with van der Waals surface area (Å²) in [5.41, 5.74) is 9.07. The third-order valence-electron chi connectivity index (χ3n) is 2.93. The first kappa shape index (κ1) is 20.3. The first-order valence-electron chi connectivity index (χ1n) is 6.88. The lowest BCUT2D eigenvalue weighted by molar-refractivity contribution is -0.169. The van der Waals surface area contributed by atoms with Gasteiger partial charge in [0, 0.05) is 6.42 Å². The Balaban J connectivity index is 5.39. The molecular weight excluding hydrogens is 292 g/mol. The van der Waals surface area contributed by atoms with Gasteiger partial charge in [-0.1, -0.05) is 0 Å². The molecule has 0 aliphatic rings. The van der Waals surface area contributed by atoms with E-state index in [-0.39, 0.29) is 19.4 Å². The second kappa shape index (κ2) is 8.09. The van der Waals surface area contributed by atoms with Crippen molar-refractivity contribution in [3.63, 3.8) is 0 Å². The van der Waals surface area contributed by atoms with Crippen molar-refractivity contribution in [1.82, 2.24) is 0 Å². The van der Waals surface area contributed by atoms with E-state index in [1.165, 1.54) is 7.11 Å². The number of ether oxygens (including phenoxy) is 3. The Bertz CT molecular complexity index is 418. The van der Waals surface area contributed by atoms with E-state index >= 15 is 0 Å². The number of methoxy groups -OCH3 is 2. The summed E-state index contributed by atoms with van der Waals surface area (Å²) in [5.74, 6) is -3.73. The van der Waals surface area contributed by atoms with E-state index in [0.29, 0.717) is 0 Å². The molecule has 0 spiro atoms. The molecule has 0 saturated carbocycles. The number of carbonyl (C=O) groups excluding carboxylic acids is 3. The Kier molecular flexibility index (Phi) is 7.48. The zero-order valence-corrected chi connectivity index (χ0v) is 13.8. The number of hydrogen-bond donors (Lipinski definition) is 2. The van der Waals surface area contributed by atoms with Crippen LogP contribution in [0.1, 0.15) is 33.6 Å². The Morgan fingerprint density at radius 3 is 1.95 bits per heavy atom. The Morgan fingerprint density at radius 2 is 1.59 bits per heavy atom. The van der Waals surface area contributed by atoms with E-state index in [9.17, 15) is 14.4 Å². The van der Waals surface area contributed by atoms with Crippen molar-refractivity contribution in [3.8, 4) is 0 Å². The summed E-state index contributed by atoms with van der Waals surface area (Å²) in [6.07, 6.45) is -0.256. The second-order valence-corrected chi connectivity index (χ2v) is 6.00. The summed E-state index contributed by atoms with van der Waals surface area (Å²) in [5, 5.41) is 0.